The fourth-order valence-electron chi connectivity index (χ4n) is 3.98. The van der Waals surface area contributed by atoms with Crippen molar-refractivity contribution in [1.82, 2.24) is 4.90 Å². The van der Waals surface area contributed by atoms with E-state index < -0.39 is 0 Å². The van der Waals surface area contributed by atoms with Gasteiger partial charge in [0.1, 0.15) is 0 Å². The zero-order chi connectivity index (χ0) is 14.4. The molecule has 1 fully saturated rings. The Labute approximate surface area is 125 Å². The number of carbonyl (C=O) groups is 1. The van der Waals surface area contributed by atoms with Crippen molar-refractivity contribution < 1.29 is 4.79 Å². The van der Waals surface area contributed by atoms with Crippen molar-refractivity contribution in [3.05, 3.63) is 47.0 Å². The van der Waals surface area contributed by atoms with Crippen molar-refractivity contribution >= 4 is 16.7 Å². The summed E-state index contributed by atoms with van der Waals surface area (Å²) in [5.41, 5.74) is 3.71. The van der Waals surface area contributed by atoms with Crippen LogP contribution < -0.4 is 0 Å². The summed E-state index contributed by atoms with van der Waals surface area (Å²) >= 11 is 0. The Morgan fingerprint density at radius 1 is 1.14 bits per heavy atom. The number of hydrogen-bond acceptors (Lipinski definition) is 1. The number of benzene rings is 2. The fraction of sp³-hybridized carbons (Fsp3) is 0.421. The number of hydrogen-bond donors (Lipinski definition) is 0. The first kappa shape index (κ1) is 12.9. The molecule has 1 amide bonds. The second-order valence-electron chi connectivity index (χ2n) is 6.61. The molecular formula is C19H21NO. The molecule has 1 aliphatic heterocycles. The van der Waals surface area contributed by atoms with Crippen molar-refractivity contribution in [1.29, 1.82) is 0 Å². The molecule has 0 N–H and O–H groups in total. The van der Waals surface area contributed by atoms with Gasteiger partial charge in [-0.3, -0.25) is 4.79 Å². The summed E-state index contributed by atoms with van der Waals surface area (Å²) in [4.78, 5) is 15.0. The van der Waals surface area contributed by atoms with Crippen LogP contribution in [0.1, 0.15) is 41.3 Å². The minimum Gasteiger partial charge on any atom is -0.338 e. The third kappa shape index (κ3) is 2.05. The van der Waals surface area contributed by atoms with E-state index in [9.17, 15) is 4.79 Å². The molecule has 0 spiro atoms. The maximum absolute atomic E-state index is 12.9. The lowest BCUT2D eigenvalue weighted by atomic mass is 9.96. The lowest BCUT2D eigenvalue weighted by Gasteiger charge is -2.31. The van der Waals surface area contributed by atoms with Gasteiger partial charge in [-0.25, -0.2) is 0 Å². The number of aryl methyl sites for hydroxylation is 2. The highest BCUT2D eigenvalue weighted by atomic mass is 16.2. The van der Waals surface area contributed by atoms with Crippen molar-refractivity contribution in [2.75, 3.05) is 13.1 Å². The van der Waals surface area contributed by atoms with Gasteiger partial charge in [0.25, 0.3) is 5.91 Å². The van der Waals surface area contributed by atoms with E-state index in [0.29, 0.717) is 5.92 Å². The highest BCUT2D eigenvalue weighted by molar-refractivity contribution is 6.09. The molecule has 108 valence electrons. The van der Waals surface area contributed by atoms with Crippen molar-refractivity contribution in [2.45, 2.75) is 32.6 Å². The molecule has 0 unspecified atom stereocenters. The van der Waals surface area contributed by atoms with Crippen molar-refractivity contribution in [2.24, 2.45) is 5.92 Å². The smallest absolute Gasteiger partial charge is 0.254 e. The summed E-state index contributed by atoms with van der Waals surface area (Å²) in [5.74, 6) is 0.844. The van der Waals surface area contributed by atoms with E-state index in [1.165, 1.54) is 22.9 Å². The lowest BCUT2D eigenvalue weighted by Crippen LogP contribution is -2.39. The summed E-state index contributed by atoms with van der Waals surface area (Å²) in [6.07, 6.45) is 4.61. The van der Waals surface area contributed by atoms with Crippen molar-refractivity contribution in [3.63, 3.8) is 0 Å². The minimum atomic E-state index is 0.220. The Balaban J connectivity index is 1.79. The standard InChI is InChI=1S/C19H21NO/c1-13-4-3-11-20(12-13)19(21)17-10-9-15-8-7-14-5-2-6-16(17)18(14)15/h2,5-6,9-10,13H,3-4,7-8,11-12H2,1H3/t13-/m0/s1. The molecule has 0 aromatic heterocycles. The number of amides is 1. The molecule has 0 radical (unpaired) electrons. The predicted molar refractivity (Wildman–Crippen MR) is 85.7 cm³/mol. The van der Waals surface area contributed by atoms with E-state index in [2.05, 4.69) is 31.2 Å². The van der Waals surface area contributed by atoms with Crippen LogP contribution in [0.2, 0.25) is 0 Å². The summed E-state index contributed by atoms with van der Waals surface area (Å²) in [7, 11) is 0. The number of piperidine rings is 1. The normalized spacial score (nSPS) is 21.0. The third-order valence-electron chi connectivity index (χ3n) is 5.05. The van der Waals surface area contributed by atoms with Crippen LogP contribution in [0.25, 0.3) is 10.8 Å². The fourth-order valence-corrected chi connectivity index (χ4v) is 3.98. The van der Waals surface area contributed by atoms with Gasteiger partial charge in [0.2, 0.25) is 0 Å². The summed E-state index contributed by atoms with van der Waals surface area (Å²) in [5, 5.41) is 2.50. The summed E-state index contributed by atoms with van der Waals surface area (Å²) in [6.45, 7) is 4.06. The molecule has 2 aliphatic rings. The van der Waals surface area contributed by atoms with Crippen molar-refractivity contribution in [3.8, 4) is 0 Å². The van der Waals surface area contributed by atoms with Gasteiger partial charge in [-0.15, -0.1) is 0 Å². The molecule has 2 aromatic rings. The van der Waals surface area contributed by atoms with Gasteiger partial charge in [0.15, 0.2) is 0 Å². The Morgan fingerprint density at radius 2 is 1.95 bits per heavy atom. The Morgan fingerprint density at radius 3 is 2.76 bits per heavy atom. The monoisotopic (exact) mass is 279 g/mol. The van der Waals surface area contributed by atoms with E-state index in [1.807, 2.05) is 11.0 Å². The zero-order valence-electron chi connectivity index (χ0n) is 12.6. The molecule has 0 bridgehead atoms. The van der Waals surface area contributed by atoms with Crippen LogP contribution in [0.3, 0.4) is 0 Å². The van der Waals surface area contributed by atoms with E-state index >= 15 is 0 Å². The molecule has 4 rings (SSSR count). The Bertz CT molecular complexity index is 709. The van der Waals surface area contributed by atoms with E-state index in [1.54, 1.807) is 0 Å². The van der Waals surface area contributed by atoms with E-state index in [0.717, 1.165) is 43.3 Å². The highest BCUT2D eigenvalue weighted by Gasteiger charge is 2.25. The molecule has 1 heterocycles. The maximum atomic E-state index is 12.9. The molecule has 2 heteroatoms. The largest absolute Gasteiger partial charge is 0.338 e. The number of likely N-dealkylation sites (tertiary alicyclic amines) is 1. The third-order valence-corrected chi connectivity index (χ3v) is 5.05. The first-order valence-electron chi connectivity index (χ1n) is 8.07. The number of nitrogens with zero attached hydrogens (tertiary/aromatic N) is 1. The molecule has 2 nitrogen and oxygen atoms in total. The lowest BCUT2D eigenvalue weighted by molar-refractivity contribution is 0.0685. The molecule has 1 aliphatic carbocycles. The second-order valence-corrected chi connectivity index (χ2v) is 6.61. The average molecular weight is 279 g/mol. The van der Waals surface area contributed by atoms with Gasteiger partial charge in [0.05, 0.1) is 0 Å². The number of rotatable bonds is 1. The molecular weight excluding hydrogens is 258 g/mol. The quantitative estimate of drug-likeness (QED) is 0.777. The van der Waals surface area contributed by atoms with Crippen LogP contribution in [0, 0.1) is 5.92 Å². The van der Waals surface area contributed by atoms with Gasteiger partial charge >= 0.3 is 0 Å². The molecule has 21 heavy (non-hydrogen) atoms. The SMILES string of the molecule is C[C@H]1CCCN(C(=O)c2ccc3c4c(cccc24)CC3)C1. The van der Waals surface area contributed by atoms with Gasteiger partial charge in [-0.05, 0) is 59.6 Å². The van der Waals surface area contributed by atoms with E-state index in [4.69, 9.17) is 0 Å². The molecule has 1 saturated heterocycles. The van der Waals surface area contributed by atoms with Crippen LogP contribution in [0.4, 0.5) is 0 Å². The molecule has 1 atom stereocenters. The number of carbonyl (C=O) groups excluding carboxylic acids is 1. The molecule has 0 saturated carbocycles. The first-order valence-corrected chi connectivity index (χ1v) is 8.07. The maximum Gasteiger partial charge on any atom is 0.254 e. The zero-order valence-corrected chi connectivity index (χ0v) is 12.6. The van der Waals surface area contributed by atoms with Crippen LogP contribution in [-0.4, -0.2) is 23.9 Å². The first-order chi connectivity index (χ1) is 10.2. The van der Waals surface area contributed by atoms with Crippen LogP contribution >= 0.6 is 0 Å². The predicted octanol–water partition coefficient (Wildman–Crippen LogP) is 3.81. The average Bonchev–Trinajstić information content (AvgIpc) is 2.92. The van der Waals surface area contributed by atoms with Crippen LogP contribution in [0.5, 0.6) is 0 Å². The van der Waals surface area contributed by atoms with Gasteiger partial charge in [-0.2, -0.15) is 0 Å². The topological polar surface area (TPSA) is 20.3 Å². The Hall–Kier alpha value is -1.83. The minimum absolute atomic E-state index is 0.220. The van der Waals surface area contributed by atoms with Gasteiger partial charge in [0, 0.05) is 18.7 Å². The second kappa shape index (κ2) is 4.87. The summed E-state index contributed by atoms with van der Waals surface area (Å²) in [6, 6.07) is 10.6. The highest BCUT2D eigenvalue weighted by Crippen LogP contribution is 2.33. The van der Waals surface area contributed by atoms with Crippen LogP contribution in [-0.2, 0) is 12.8 Å². The Kier molecular flexibility index (Phi) is 2.99. The van der Waals surface area contributed by atoms with Crippen LogP contribution in [0.15, 0.2) is 30.3 Å². The molecule has 2 aromatic carbocycles. The summed E-state index contributed by atoms with van der Waals surface area (Å²) < 4.78 is 0. The van der Waals surface area contributed by atoms with Gasteiger partial charge < -0.3 is 4.90 Å². The van der Waals surface area contributed by atoms with Gasteiger partial charge in [-0.1, -0.05) is 31.2 Å². The van der Waals surface area contributed by atoms with E-state index in [-0.39, 0.29) is 5.91 Å².